The van der Waals surface area contributed by atoms with Gasteiger partial charge in [-0.05, 0) is 79.6 Å². The van der Waals surface area contributed by atoms with E-state index in [1.807, 2.05) is 68.7 Å². The van der Waals surface area contributed by atoms with Crippen LogP contribution >= 0.6 is 11.3 Å². The van der Waals surface area contributed by atoms with Gasteiger partial charge in [0, 0.05) is 63.9 Å². The number of likely N-dealkylation sites (tertiary alicyclic amines) is 1. The number of carbonyl (C=O) groups is 2. The normalized spacial score (nSPS) is 18.8. The number of hydrogen-bond acceptors (Lipinski definition) is 17. The van der Waals surface area contributed by atoms with Crippen LogP contribution in [0.4, 0.5) is 11.5 Å². The van der Waals surface area contributed by atoms with E-state index >= 15 is 0 Å². The van der Waals surface area contributed by atoms with E-state index < -0.39 is 18.1 Å². The second kappa shape index (κ2) is 23.3. The van der Waals surface area contributed by atoms with Gasteiger partial charge in [0.25, 0.3) is 5.88 Å². The predicted octanol–water partition coefficient (Wildman–Crippen LogP) is 5.43. The number of aryl methyl sites for hydroxylation is 1. The number of hydrogen-bond donors (Lipinski definition) is 4. The molecule has 370 valence electrons. The number of rotatable bonds is 21. The number of aliphatic hydroxyl groups is 1. The van der Waals surface area contributed by atoms with E-state index in [1.54, 1.807) is 29.5 Å². The molecule has 1 spiro atoms. The van der Waals surface area contributed by atoms with Gasteiger partial charge in [0.2, 0.25) is 11.8 Å². The fourth-order valence-corrected chi connectivity index (χ4v) is 10.3. The number of aliphatic hydroxyl groups excluding tert-OH is 1. The molecular weight excluding hydrogens is 903 g/mol. The number of piperidine rings is 1. The molecule has 8 rings (SSSR count). The highest BCUT2D eigenvalue weighted by Crippen LogP contribution is 2.37. The van der Waals surface area contributed by atoms with Gasteiger partial charge in [-0.1, -0.05) is 50.2 Å². The van der Waals surface area contributed by atoms with Crippen LogP contribution in [0.5, 0.6) is 11.6 Å². The zero-order valence-electron chi connectivity index (χ0n) is 39.8. The number of nitrogens with one attached hydrogen (secondary N) is 1. The molecule has 3 fully saturated rings. The molecular formula is C50H65N9O9S. The maximum absolute atomic E-state index is 14.0. The van der Waals surface area contributed by atoms with Crippen LogP contribution in [-0.4, -0.2) is 149 Å². The van der Waals surface area contributed by atoms with Gasteiger partial charge >= 0.3 is 0 Å². The first-order valence-corrected chi connectivity index (χ1v) is 24.9. The third kappa shape index (κ3) is 12.6. The number of unbranched alkanes of at least 4 members (excludes halogenated alkanes) is 1. The lowest BCUT2D eigenvalue weighted by molar-refractivity contribution is -0.141. The first-order valence-electron chi connectivity index (χ1n) is 24.0. The SMILES string of the molecule is Cc1ncsc1-c1ccc(CNC(=O)[C@@H]2C[C@@H](O)CN2C(=O)[C@@H](c2cc(OCCOCCOCCCCN3CCOC4(CCN(c5cc(-c6ccccc6O)nnc5N)CC4)C3)no2)C(C)C)cc1. The number of thiazole rings is 1. The van der Waals surface area contributed by atoms with Crippen molar-refractivity contribution >= 4 is 34.7 Å². The molecule has 0 unspecified atom stereocenters. The Bertz CT molecular complexity index is 2460. The maximum atomic E-state index is 14.0. The zero-order valence-corrected chi connectivity index (χ0v) is 40.6. The summed E-state index contributed by atoms with van der Waals surface area (Å²) < 4.78 is 29.4. The molecule has 0 bridgehead atoms. The second-order valence-corrected chi connectivity index (χ2v) is 19.3. The Morgan fingerprint density at radius 1 is 0.986 bits per heavy atom. The summed E-state index contributed by atoms with van der Waals surface area (Å²) in [6.45, 7) is 13.3. The van der Waals surface area contributed by atoms with E-state index in [0.717, 1.165) is 85.8 Å². The molecule has 5 aromatic rings. The van der Waals surface area contributed by atoms with Crippen molar-refractivity contribution < 1.29 is 43.3 Å². The van der Waals surface area contributed by atoms with Gasteiger partial charge < -0.3 is 54.5 Å². The standard InChI is InChI=1S/C50H65N9O9S/c1-33(2)45(49(63)59-30-37(60)26-41(59)48(62)52-29-35-10-12-36(13-11-35)46-34(3)53-32-69-46)43-28-44(56-68-43)66-25-24-65-23-22-64-20-7-6-16-57-19-21-67-50(31-57)14-17-58(18-15-50)40-27-39(54-55-47(40)51)38-8-4-5-9-42(38)61/h4-5,8-13,27-28,32-33,37,41,45,60-61H,6-7,14-26,29-31H2,1-3H3,(H2,51,55)(H,52,62)/t37-,41+,45-/m1/s1. The Morgan fingerprint density at radius 2 is 1.75 bits per heavy atom. The summed E-state index contributed by atoms with van der Waals surface area (Å²) in [5.74, 6) is -0.448. The molecule has 3 aliphatic heterocycles. The molecule has 5 N–H and O–H groups in total. The highest BCUT2D eigenvalue weighted by molar-refractivity contribution is 7.13. The van der Waals surface area contributed by atoms with E-state index in [-0.39, 0.29) is 54.5 Å². The quantitative estimate of drug-likeness (QED) is 0.0673. The molecule has 2 aromatic carbocycles. The van der Waals surface area contributed by atoms with Crippen LogP contribution in [0.1, 0.15) is 68.9 Å². The van der Waals surface area contributed by atoms with Crippen molar-refractivity contribution in [1.82, 2.24) is 35.5 Å². The van der Waals surface area contributed by atoms with Crippen molar-refractivity contribution in [2.45, 2.75) is 83.1 Å². The number of aromatic nitrogens is 4. The van der Waals surface area contributed by atoms with E-state index in [9.17, 15) is 19.8 Å². The predicted molar refractivity (Wildman–Crippen MR) is 261 cm³/mol. The van der Waals surface area contributed by atoms with Crippen LogP contribution in [0.3, 0.4) is 0 Å². The molecule has 2 amide bonds. The van der Waals surface area contributed by atoms with E-state index in [2.05, 4.69) is 35.5 Å². The van der Waals surface area contributed by atoms with Gasteiger partial charge in [-0.25, -0.2) is 4.98 Å². The van der Waals surface area contributed by atoms with Gasteiger partial charge in [0.15, 0.2) is 11.6 Å². The smallest absolute Gasteiger partial charge is 0.254 e. The number of morpholine rings is 1. The molecule has 0 saturated carbocycles. The lowest BCUT2D eigenvalue weighted by Crippen LogP contribution is -2.57. The number of amides is 2. The lowest BCUT2D eigenvalue weighted by atomic mass is 9.89. The molecule has 69 heavy (non-hydrogen) atoms. The second-order valence-electron chi connectivity index (χ2n) is 18.5. The van der Waals surface area contributed by atoms with Crippen molar-refractivity contribution in [2.24, 2.45) is 5.92 Å². The summed E-state index contributed by atoms with van der Waals surface area (Å²) in [5.41, 5.74) is 12.9. The Hall–Kier alpha value is -5.70. The minimum absolute atomic E-state index is 0.0487. The molecule has 3 atom stereocenters. The van der Waals surface area contributed by atoms with Gasteiger partial charge in [-0.2, -0.15) is 0 Å². The Morgan fingerprint density at radius 3 is 2.51 bits per heavy atom. The molecule has 0 radical (unpaired) electrons. The number of aromatic hydroxyl groups is 1. The van der Waals surface area contributed by atoms with Crippen LogP contribution < -0.4 is 20.7 Å². The summed E-state index contributed by atoms with van der Waals surface area (Å²) in [6.07, 6.45) is 3.05. The van der Waals surface area contributed by atoms with Crippen molar-refractivity contribution in [1.29, 1.82) is 0 Å². The third-order valence-corrected chi connectivity index (χ3v) is 14.2. The van der Waals surface area contributed by atoms with Crippen molar-refractivity contribution in [3.05, 3.63) is 83.2 Å². The van der Waals surface area contributed by atoms with Gasteiger partial charge in [0.1, 0.15) is 24.3 Å². The Kier molecular flexibility index (Phi) is 16.8. The number of benzene rings is 2. The van der Waals surface area contributed by atoms with E-state index in [0.29, 0.717) is 62.4 Å². The number of nitrogens with two attached hydrogens (primary N) is 1. The molecule has 3 aromatic heterocycles. The van der Waals surface area contributed by atoms with Gasteiger partial charge in [-0.3, -0.25) is 14.5 Å². The van der Waals surface area contributed by atoms with E-state index in [4.69, 9.17) is 29.2 Å². The summed E-state index contributed by atoms with van der Waals surface area (Å²) in [7, 11) is 0. The number of phenols is 1. The van der Waals surface area contributed by atoms with Gasteiger partial charge in [0.05, 0.1) is 65.6 Å². The summed E-state index contributed by atoms with van der Waals surface area (Å²) in [4.78, 5) is 39.1. The average Bonchev–Trinajstić information content (AvgIpc) is 4.11. The topological polar surface area (TPSA) is 224 Å². The molecule has 3 saturated heterocycles. The third-order valence-electron chi connectivity index (χ3n) is 13.2. The number of carbonyl (C=O) groups excluding carboxylic acids is 2. The zero-order chi connectivity index (χ0) is 48.3. The lowest BCUT2D eigenvalue weighted by Gasteiger charge is -2.48. The molecule has 18 nitrogen and oxygen atoms in total. The first kappa shape index (κ1) is 49.7. The first-order chi connectivity index (χ1) is 33.5. The summed E-state index contributed by atoms with van der Waals surface area (Å²) in [5, 5.41) is 36.4. The van der Waals surface area contributed by atoms with Crippen LogP contribution in [0.2, 0.25) is 0 Å². The average molecular weight is 968 g/mol. The van der Waals surface area contributed by atoms with Crippen LogP contribution in [0, 0.1) is 12.8 Å². The summed E-state index contributed by atoms with van der Waals surface area (Å²) in [6, 6.07) is 17.8. The molecule has 19 heteroatoms. The largest absolute Gasteiger partial charge is 0.507 e. The van der Waals surface area contributed by atoms with E-state index in [1.165, 1.54) is 4.90 Å². The number of β-amino-alcohol motifs (C(OH)–C–C–N with tert-alkyl or cyclic N) is 1. The molecule has 3 aliphatic rings. The number of para-hydroxylation sites is 1. The number of ether oxygens (including phenoxy) is 4. The van der Waals surface area contributed by atoms with Gasteiger partial charge in [-0.15, -0.1) is 21.5 Å². The minimum Gasteiger partial charge on any atom is -0.507 e. The summed E-state index contributed by atoms with van der Waals surface area (Å²) >= 11 is 1.59. The van der Waals surface area contributed by atoms with Crippen molar-refractivity contribution in [3.63, 3.8) is 0 Å². The molecule has 0 aliphatic carbocycles. The number of phenolic OH excluding ortho intramolecular Hbond substituents is 1. The maximum Gasteiger partial charge on any atom is 0.254 e. The Labute approximate surface area is 407 Å². The molecule has 6 heterocycles. The van der Waals surface area contributed by atoms with Crippen LogP contribution in [-0.2, 0) is 30.3 Å². The van der Waals surface area contributed by atoms with Crippen LogP contribution in [0.25, 0.3) is 21.7 Å². The fraction of sp³-hybridized carbons (Fsp3) is 0.520. The van der Waals surface area contributed by atoms with Crippen molar-refractivity contribution in [3.8, 4) is 33.3 Å². The minimum atomic E-state index is -0.822. The Balaban J connectivity index is 0.692. The van der Waals surface area contributed by atoms with Crippen molar-refractivity contribution in [2.75, 3.05) is 89.5 Å². The monoisotopic (exact) mass is 967 g/mol. The highest BCUT2D eigenvalue weighted by Gasteiger charge is 2.44. The highest BCUT2D eigenvalue weighted by atomic mass is 32.1. The number of nitrogens with zero attached hydrogens (tertiary/aromatic N) is 7. The van der Waals surface area contributed by atoms with Crippen LogP contribution in [0.15, 0.2) is 70.7 Å². The number of nitrogen functional groups attached to an aromatic ring is 1. The number of anilines is 2. The fourth-order valence-electron chi connectivity index (χ4n) is 9.47.